The summed E-state index contributed by atoms with van der Waals surface area (Å²) >= 11 is 0. The summed E-state index contributed by atoms with van der Waals surface area (Å²) in [5.74, 6) is -1.47. The molecule has 23 heavy (non-hydrogen) atoms. The Balaban J connectivity index is 2.11. The Morgan fingerprint density at radius 3 is 2.09 bits per heavy atom. The van der Waals surface area contributed by atoms with Crippen molar-refractivity contribution in [3.8, 4) is 0 Å². The summed E-state index contributed by atoms with van der Waals surface area (Å²) in [4.78, 5) is 24.1. The molecule has 0 fully saturated rings. The molecule has 0 saturated heterocycles. The summed E-state index contributed by atoms with van der Waals surface area (Å²) in [5, 5.41) is 12.4. The summed E-state index contributed by atoms with van der Waals surface area (Å²) in [6.07, 6.45) is 0. The van der Waals surface area contributed by atoms with Gasteiger partial charge in [0.05, 0.1) is 5.92 Å². The number of carboxylic acid groups (broad SMARTS) is 1. The number of amides is 1. The molecular weight excluding hydrogens is 290 g/mol. The number of carbonyl (C=O) groups excluding carboxylic acids is 1. The number of rotatable bonds is 6. The molecule has 0 spiro atoms. The zero-order chi connectivity index (χ0) is 16.9. The van der Waals surface area contributed by atoms with Gasteiger partial charge in [0.15, 0.2) is 0 Å². The van der Waals surface area contributed by atoms with Crippen LogP contribution >= 0.6 is 0 Å². The van der Waals surface area contributed by atoms with Crippen LogP contribution in [0.1, 0.15) is 30.9 Å². The third-order valence-electron chi connectivity index (χ3n) is 4.19. The minimum atomic E-state index is -1.16. The first-order valence-electron chi connectivity index (χ1n) is 7.57. The SMILES string of the molecule is C[C@@H](C(=O)NCC(C)(C(=O)O)c1ccccc1)c1ccccc1. The number of nitrogens with one attached hydrogen (secondary N) is 1. The predicted octanol–water partition coefficient (Wildman–Crippen LogP) is 2.95. The van der Waals surface area contributed by atoms with Gasteiger partial charge < -0.3 is 10.4 Å². The third kappa shape index (κ3) is 3.77. The smallest absolute Gasteiger partial charge is 0.315 e. The van der Waals surface area contributed by atoms with Gasteiger partial charge in [-0.3, -0.25) is 9.59 Å². The van der Waals surface area contributed by atoms with E-state index in [1.54, 1.807) is 31.2 Å². The molecule has 0 bridgehead atoms. The lowest BCUT2D eigenvalue weighted by atomic mass is 9.82. The lowest BCUT2D eigenvalue weighted by Gasteiger charge is -2.26. The summed E-state index contributed by atoms with van der Waals surface area (Å²) in [6.45, 7) is 3.48. The number of carboxylic acids is 1. The lowest BCUT2D eigenvalue weighted by molar-refractivity contribution is -0.143. The molecule has 2 aromatic carbocycles. The van der Waals surface area contributed by atoms with Gasteiger partial charge in [0.1, 0.15) is 5.41 Å². The molecule has 2 aromatic rings. The van der Waals surface area contributed by atoms with Crippen molar-refractivity contribution in [3.63, 3.8) is 0 Å². The first kappa shape index (κ1) is 16.7. The third-order valence-corrected chi connectivity index (χ3v) is 4.19. The van der Waals surface area contributed by atoms with Gasteiger partial charge in [0.25, 0.3) is 0 Å². The molecule has 0 saturated carbocycles. The van der Waals surface area contributed by atoms with E-state index in [4.69, 9.17) is 0 Å². The Hall–Kier alpha value is -2.62. The van der Waals surface area contributed by atoms with E-state index in [0.29, 0.717) is 5.56 Å². The molecule has 2 rings (SSSR count). The van der Waals surface area contributed by atoms with Crippen LogP contribution in [0.25, 0.3) is 0 Å². The van der Waals surface area contributed by atoms with Crippen molar-refractivity contribution in [3.05, 3.63) is 71.8 Å². The van der Waals surface area contributed by atoms with Crippen molar-refractivity contribution in [2.45, 2.75) is 25.2 Å². The van der Waals surface area contributed by atoms with Crippen molar-refractivity contribution in [2.75, 3.05) is 6.54 Å². The summed E-state index contributed by atoms with van der Waals surface area (Å²) < 4.78 is 0. The van der Waals surface area contributed by atoms with Gasteiger partial charge in [0, 0.05) is 6.54 Å². The van der Waals surface area contributed by atoms with E-state index < -0.39 is 11.4 Å². The van der Waals surface area contributed by atoms with Gasteiger partial charge in [-0.25, -0.2) is 0 Å². The molecule has 4 nitrogen and oxygen atoms in total. The first-order valence-corrected chi connectivity index (χ1v) is 7.57. The van der Waals surface area contributed by atoms with Gasteiger partial charge in [-0.2, -0.15) is 0 Å². The fraction of sp³-hybridized carbons (Fsp3) is 0.263. The van der Waals surface area contributed by atoms with Crippen LogP contribution in [0.15, 0.2) is 60.7 Å². The number of hydrogen-bond donors (Lipinski definition) is 2. The van der Waals surface area contributed by atoms with Crippen LogP contribution in [0.3, 0.4) is 0 Å². The highest BCUT2D eigenvalue weighted by Crippen LogP contribution is 2.24. The van der Waals surface area contributed by atoms with Crippen LogP contribution in [-0.2, 0) is 15.0 Å². The highest BCUT2D eigenvalue weighted by Gasteiger charge is 2.35. The van der Waals surface area contributed by atoms with E-state index >= 15 is 0 Å². The van der Waals surface area contributed by atoms with Gasteiger partial charge in [-0.1, -0.05) is 60.7 Å². The molecule has 0 aliphatic heterocycles. The van der Waals surface area contributed by atoms with Crippen LogP contribution in [0, 0.1) is 0 Å². The van der Waals surface area contributed by atoms with Crippen LogP contribution in [0.2, 0.25) is 0 Å². The Bertz CT molecular complexity index is 670. The summed E-state index contributed by atoms with van der Waals surface area (Å²) in [5.41, 5.74) is 0.412. The minimum Gasteiger partial charge on any atom is -0.481 e. The molecule has 0 aliphatic carbocycles. The highest BCUT2D eigenvalue weighted by atomic mass is 16.4. The number of benzene rings is 2. The summed E-state index contributed by atoms with van der Waals surface area (Å²) in [7, 11) is 0. The number of hydrogen-bond acceptors (Lipinski definition) is 2. The molecule has 2 N–H and O–H groups in total. The van der Waals surface area contributed by atoms with Gasteiger partial charge in [-0.05, 0) is 25.0 Å². The maximum atomic E-state index is 12.3. The second kappa shape index (κ2) is 7.09. The topological polar surface area (TPSA) is 66.4 Å². The molecule has 4 heteroatoms. The number of carbonyl (C=O) groups is 2. The zero-order valence-corrected chi connectivity index (χ0v) is 13.3. The standard InChI is InChI=1S/C19H21NO3/c1-14(15-9-5-3-6-10-15)17(21)20-13-19(2,18(22)23)16-11-7-4-8-12-16/h3-12,14H,13H2,1-2H3,(H,20,21)(H,22,23)/t14-,19?/m1/s1. The van der Waals surface area contributed by atoms with Crippen molar-refractivity contribution < 1.29 is 14.7 Å². The monoisotopic (exact) mass is 311 g/mol. The van der Waals surface area contributed by atoms with E-state index in [0.717, 1.165) is 5.56 Å². The molecule has 0 heterocycles. The maximum Gasteiger partial charge on any atom is 0.315 e. The minimum absolute atomic E-state index is 0.0440. The molecule has 0 aliphatic rings. The molecule has 0 aromatic heterocycles. The quantitative estimate of drug-likeness (QED) is 0.862. The number of aliphatic carboxylic acids is 1. The largest absolute Gasteiger partial charge is 0.481 e. The Kier molecular flexibility index (Phi) is 5.16. The van der Waals surface area contributed by atoms with E-state index in [1.165, 1.54) is 0 Å². The van der Waals surface area contributed by atoms with E-state index in [1.807, 2.05) is 43.3 Å². The van der Waals surface area contributed by atoms with Crippen molar-refractivity contribution in [2.24, 2.45) is 0 Å². The fourth-order valence-electron chi connectivity index (χ4n) is 2.42. The maximum absolute atomic E-state index is 12.3. The van der Waals surface area contributed by atoms with Crippen LogP contribution < -0.4 is 5.32 Å². The van der Waals surface area contributed by atoms with Crippen molar-refractivity contribution in [1.82, 2.24) is 5.32 Å². The van der Waals surface area contributed by atoms with Gasteiger partial charge in [0.2, 0.25) is 5.91 Å². The van der Waals surface area contributed by atoms with Crippen LogP contribution in [0.5, 0.6) is 0 Å². The average Bonchev–Trinajstić information content (AvgIpc) is 2.60. The Morgan fingerprint density at radius 1 is 1.04 bits per heavy atom. The van der Waals surface area contributed by atoms with Crippen molar-refractivity contribution in [1.29, 1.82) is 0 Å². The fourth-order valence-corrected chi connectivity index (χ4v) is 2.42. The molecule has 0 radical (unpaired) electrons. The van der Waals surface area contributed by atoms with Crippen LogP contribution in [0.4, 0.5) is 0 Å². The zero-order valence-electron chi connectivity index (χ0n) is 13.3. The second-order valence-corrected chi connectivity index (χ2v) is 5.85. The summed E-state index contributed by atoms with van der Waals surface area (Å²) in [6, 6.07) is 18.4. The van der Waals surface area contributed by atoms with Crippen LogP contribution in [-0.4, -0.2) is 23.5 Å². The second-order valence-electron chi connectivity index (χ2n) is 5.85. The van der Waals surface area contributed by atoms with E-state index in [-0.39, 0.29) is 18.4 Å². The molecular formula is C19H21NO3. The van der Waals surface area contributed by atoms with E-state index in [2.05, 4.69) is 5.32 Å². The first-order chi connectivity index (χ1) is 10.9. The van der Waals surface area contributed by atoms with Gasteiger partial charge >= 0.3 is 5.97 Å². The highest BCUT2D eigenvalue weighted by molar-refractivity contribution is 5.86. The predicted molar refractivity (Wildman–Crippen MR) is 89.3 cm³/mol. The molecule has 1 amide bonds. The lowest BCUT2D eigenvalue weighted by Crippen LogP contribution is -2.45. The molecule has 120 valence electrons. The molecule has 2 atom stereocenters. The Morgan fingerprint density at radius 2 is 1.57 bits per heavy atom. The van der Waals surface area contributed by atoms with Gasteiger partial charge in [-0.15, -0.1) is 0 Å². The molecule has 1 unspecified atom stereocenters. The van der Waals surface area contributed by atoms with E-state index in [9.17, 15) is 14.7 Å². The Labute approximate surface area is 136 Å². The average molecular weight is 311 g/mol. The normalized spacial score (nSPS) is 14.5. The van der Waals surface area contributed by atoms with Crippen molar-refractivity contribution >= 4 is 11.9 Å².